The predicted molar refractivity (Wildman–Crippen MR) is 81.2 cm³/mol. The molecular weight excluding hydrogens is 251 g/mol. The Morgan fingerprint density at radius 1 is 1.10 bits per heavy atom. The van der Waals surface area contributed by atoms with Gasteiger partial charge in [0.1, 0.15) is 0 Å². The average Bonchev–Trinajstić information content (AvgIpc) is 2.74. The zero-order chi connectivity index (χ0) is 14.7. The Balaban J connectivity index is 2.13. The molecule has 20 heavy (non-hydrogen) atoms. The topological polar surface area (TPSA) is 36.3 Å². The molecule has 1 aliphatic rings. The fourth-order valence-electron chi connectivity index (χ4n) is 2.70. The molecule has 0 radical (unpaired) electrons. The van der Waals surface area contributed by atoms with Crippen molar-refractivity contribution in [3.8, 4) is 0 Å². The summed E-state index contributed by atoms with van der Waals surface area (Å²) < 4.78 is 14.2. The summed E-state index contributed by atoms with van der Waals surface area (Å²) >= 11 is 0. The third-order valence-corrected chi connectivity index (χ3v) is 4.59. The summed E-state index contributed by atoms with van der Waals surface area (Å²) in [5.74, 6) is 0. The Kier molecular flexibility index (Phi) is 2.79. The monoisotopic (exact) mass is 272 g/mol. The van der Waals surface area contributed by atoms with Crippen LogP contribution < -0.4 is 5.46 Å². The molecule has 0 atom stereocenters. The number of hydrogen-bond acceptors (Lipinski definition) is 3. The molecule has 0 aliphatic carbocycles. The molecule has 4 nitrogen and oxygen atoms in total. The van der Waals surface area contributed by atoms with Crippen molar-refractivity contribution in [1.82, 2.24) is 9.78 Å². The van der Waals surface area contributed by atoms with Crippen LogP contribution in [0.3, 0.4) is 0 Å². The second kappa shape index (κ2) is 4.09. The SMILES string of the molecule is Cc1nn(C)c2c(B3OC(C)(C)C(C)(C)O3)cccc12. The average molecular weight is 272 g/mol. The highest BCUT2D eigenvalue weighted by Gasteiger charge is 2.52. The Bertz CT molecular complexity index is 660. The highest BCUT2D eigenvalue weighted by atomic mass is 16.7. The molecule has 0 spiro atoms. The fraction of sp³-hybridized carbons (Fsp3) is 0.533. The van der Waals surface area contributed by atoms with E-state index in [-0.39, 0.29) is 18.3 Å². The van der Waals surface area contributed by atoms with E-state index in [4.69, 9.17) is 9.31 Å². The lowest BCUT2D eigenvalue weighted by Gasteiger charge is -2.32. The second-order valence-corrected chi connectivity index (χ2v) is 6.54. The Morgan fingerprint density at radius 3 is 2.30 bits per heavy atom. The van der Waals surface area contributed by atoms with Crippen LogP contribution in [0.15, 0.2) is 18.2 Å². The summed E-state index contributed by atoms with van der Waals surface area (Å²) in [7, 11) is 1.61. The molecule has 2 heterocycles. The van der Waals surface area contributed by atoms with Crippen LogP contribution >= 0.6 is 0 Å². The number of hydrogen-bond donors (Lipinski definition) is 0. The van der Waals surface area contributed by atoms with Crippen LogP contribution in [0.4, 0.5) is 0 Å². The van der Waals surface area contributed by atoms with Crippen LogP contribution in [-0.4, -0.2) is 28.1 Å². The highest BCUT2D eigenvalue weighted by molar-refractivity contribution is 6.65. The van der Waals surface area contributed by atoms with E-state index in [1.807, 2.05) is 24.7 Å². The van der Waals surface area contributed by atoms with E-state index in [1.165, 1.54) is 0 Å². The van der Waals surface area contributed by atoms with Crippen molar-refractivity contribution in [2.75, 3.05) is 0 Å². The molecule has 0 saturated carbocycles. The molecule has 2 aromatic rings. The van der Waals surface area contributed by atoms with Crippen LogP contribution in [0.2, 0.25) is 0 Å². The number of benzene rings is 1. The van der Waals surface area contributed by atoms with Crippen molar-refractivity contribution in [1.29, 1.82) is 0 Å². The van der Waals surface area contributed by atoms with Crippen molar-refractivity contribution in [3.63, 3.8) is 0 Å². The summed E-state index contributed by atoms with van der Waals surface area (Å²) in [5.41, 5.74) is 2.51. The summed E-state index contributed by atoms with van der Waals surface area (Å²) in [4.78, 5) is 0. The number of para-hydroxylation sites is 1. The molecule has 106 valence electrons. The van der Waals surface area contributed by atoms with Crippen molar-refractivity contribution in [2.24, 2.45) is 7.05 Å². The van der Waals surface area contributed by atoms with Crippen molar-refractivity contribution in [3.05, 3.63) is 23.9 Å². The lowest BCUT2D eigenvalue weighted by Crippen LogP contribution is -2.41. The van der Waals surface area contributed by atoms with Crippen LogP contribution in [0.1, 0.15) is 33.4 Å². The van der Waals surface area contributed by atoms with Gasteiger partial charge in [0.2, 0.25) is 0 Å². The largest absolute Gasteiger partial charge is 0.497 e. The van der Waals surface area contributed by atoms with Gasteiger partial charge >= 0.3 is 7.12 Å². The fourth-order valence-corrected chi connectivity index (χ4v) is 2.70. The lowest BCUT2D eigenvalue weighted by molar-refractivity contribution is 0.00578. The summed E-state index contributed by atoms with van der Waals surface area (Å²) in [5, 5.41) is 5.65. The molecule has 1 aromatic carbocycles. The molecule has 3 rings (SSSR count). The smallest absolute Gasteiger partial charge is 0.399 e. The highest BCUT2D eigenvalue weighted by Crippen LogP contribution is 2.37. The summed E-state index contributed by atoms with van der Waals surface area (Å²) in [6.07, 6.45) is 0. The standard InChI is InChI=1S/C15H21BN2O2/c1-10-11-8-7-9-12(13(11)18(6)17-10)16-19-14(2,3)15(4,5)20-16/h7-9H,1-6H3. The minimum Gasteiger partial charge on any atom is -0.399 e. The molecule has 1 saturated heterocycles. The molecule has 1 aromatic heterocycles. The van der Waals surface area contributed by atoms with Crippen LogP contribution in [-0.2, 0) is 16.4 Å². The quantitative estimate of drug-likeness (QED) is 0.746. The van der Waals surface area contributed by atoms with Gasteiger partial charge < -0.3 is 9.31 Å². The predicted octanol–water partition coefficient (Wildman–Crippen LogP) is 2.18. The molecule has 0 unspecified atom stereocenters. The summed E-state index contributed by atoms with van der Waals surface area (Å²) in [6, 6.07) is 6.19. The third kappa shape index (κ3) is 1.80. The van der Waals surface area contributed by atoms with Gasteiger partial charge in [0.25, 0.3) is 0 Å². The first-order chi connectivity index (χ1) is 9.23. The molecule has 1 fully saturated rings. The summed E-state index contributed by atoms with van der Waals surface area (Å²) in [6.45, 7) is 10.3. The first-order valence-corrected chi connectivity index (χ1v) is 7.01. The van der Waals surface area contributed by atoms with Gasteiger partial charge in [-0.3, -0.25) is 4.68 Å². The van der Waals surface area contributed by atoms with Crippen molar-refractivity contribution < 1.29 is 9.31 Å². The number of aromatic nitrogens is 2. The Morgan fingerprint density at radius 2 is 1.70 bits per heavy atom. The minimum absolute atomic E-state index is 0.326. The van der Waals surface area contributed by atoms with Gasteiger partial charge in [0.05, 0.1) is 22.4 Å². The van der Waals surface area contributed by atoms with Gasteiger partial charge in [-0.25, -0.2) is 0 Å². The van der Waals surface area contributed by atoms with Gasteiger partial charge in [0.15, 0.2) is 0 Å². The van der Waals surface area contributed by atoms with E-state index in [0.717, 1.165) is 22.1 Å². The third-order valence-electron chi connectivity index (χ3n) is 4.59. The zero-order valence-corrected chi connectivity index (χ0v) is 13.0. The van der Waals surface area contributed by atoms with Gasteiger partial charge in [-0.1, -0.05) is 18.2 Å². The normalized spacial score (nSPS) is 20.8. The van der Waals surface area contributed by atoms with E-state index in [0.29, 0.717) is 0 Å². The maximum absolute atomic E-state index is 6.16. The van der Waals surface area contributed by atoms with E-state index >= 15 is 0 Å². The van der Waals surface area contributed by atoms with Crippen molar-refractivity contribution in [2.45, 2.75) is 45.8 Å². The van der Waals surface area contributed by atoms with Gasteiger partial charge in [-0.2, -0.15) is 5.10 Å². The number of aryl methyl sites for hydroxylation is 2. The number of nitrogens with zero attached hydrogens (tertiary/aromatic N) is 2. The molecule has 0 amide bonds. The zero-order valence-electron chi connectivity index (χ0n) is 13.0. The molecular formula is C15H21BN2O2. The maximum Gasteiger partial charge on any atom is 0.497 e. The van der Waals surface area contributed by atoms with Crippen LogP contribution in [0.5, 0.6) is 0 Å². The second-order valence-electron chi connectivity index (χ2n) is 6.54. The maximum atomic E-state index is 6.16. The molecule has 5 heteroatoms. The Hall–Kier alpha value is -1.33. The van der Waals surface area contributed by atoms with Crippen LogP contribution in [0, 0.1) is 6.92 Å². The molecule has 1 aliphatic heterocycles. The van der Waals surface area contributed by atoms with Crippen LogP contribution in [0.25, 0.3) is 10.9 Å². The Labute approximate surface area is 120 Å². The number of rotatable bonds is 1. The van der Waals surface area contributed by atoms with E-state index in [2.05, 4.69) is 44.9 Å². The van der Waals surface area contributed by atoms with Crippen molar-refractivity contribution >= 4 is 23.5 Å². The van der Waals surface area contributed by atoms with Gasteiger partial charge in [0, 0.05) is 17.9 Å². The van der Waals surface area contributed by atoms with E-state index in [9.17, 15) is 0 Å². The van der Waals surface area contributed by atoms with Gasteiger partial charge in [-0.15, -0.1) is 0 Å². The van der Waals surface area contributed by atoms with E-state index in [1.54, 1.807) is 0 Å². The molecule has 0 bridgehead atoms. The molecule has 0 N–H and O–H groups in total. The van der Waals surface area contributed by atoms with E-state index < -0.39 is 0 Å². The lowest BCUT2D eigenvalue weighted by atomic mass is 9.77. The van der Waals surface area contributed by atoms with Gasteiger partial charge in [-0.05, 0) is 34.6 Å². The number of fused-ring (bicyclic) bond motifs is 1. The first-order valence-electron chi connectivity index (χ1n) is 7.01. The minimum atomic E-state index is -0.349. The first kappa shape index (κ1) is 13.6.